The van der Waals surface area contributed by atoms with Crippen LogP contribution in [0.2, 0.25) is 0 Å². The first-order valence-electron chi connectivity index (χ1n) is 5.61. The molecular formula is C14H25N. The fourth-order valence-corrected chi connectivity index (χ4v) is 0.920. The van der Waals surface area contributed by atoms with E-state index in [9.17, 15) is 0 Å². The van der Waals surface area contributed by atoms with Crippen LogP contribution in [-0.4, -0.2) is 5.71 Å². The minimum atomic E-state index is 0.437. The Morgan fingerprint density at radius 2 is 1.80 bits per heavy atom. The molecule has 0 bridgehead atoms. The van der Waals surface area contributed by atoms with E-state index in [-0.39, 0.29) is 0 Å². The molecule has 86 valence electrons. The van der Waals surface area contributed by atoms with E-state index < -0.39 is 0 Å². The SMILES string of the molecule is C=CC(=N/C=C(C)\C=C/C)C(C)C.CC. The number of nitrogens with zero attached hydrogens (tertiary/aromatic N) is 1. The van der Waals surface area contributed by atoms with Gasteiger partial charge in [0.15, 0.2) is 0 Å². The normalized spacial score (nSPS) is 12.7. The number of aliphatic imine (C=N–C) groups is 1. The van der Waals surface area contributed by atoms with Gasteiger partial charge in [-0.15, -0.1) is 0 Å². The topological polar surface area (TPSA) is 12.4 Å². The summed E-state index contributed by atoms with van der Waals surface area (Å²) in [6, 6.07) is 0. The van der Waals surface area contributed by atoms with E-state index in [0.29, 0.717) is 5.92 Å². The Kier molecular flexibility index (Phi) is 11.9. The van der Waals surface area contributed by atoms with Crippen molar-refractivity contribution in [2.24, 2.45) is 10.9 Å². The minimum absolute atomic E-state index is 0.437. The van der Waals surface area contributed by atoms with Crippen LogP contribution in [0.1, 0.15) is 41.5 Å². The van der Waals surface area contributed by atoms with E-state index >= 15 is 0 Å². The van der Waals surface area contributed by atoms with Crippen LogP contribution in [0.3, 0.4) is 0 Å². The molecule has 0 atom stereocenters. The maximum Gasteiger partial charge on any atom is 0.0423 e. The average Bonchev–Trinajstić information content (AvgIpc) is 2.21. The highest BCUT2D eigenvalue weighted by atomic mass is 14.7. The lowest BCUT2D eigenvalue weighted by Crippen LogP contribution is -2.02. The van der Waals surface area contributed by atoms with Crippen molar-refractivity contribution >= 4 is 5.71 Å². The molecule has 0 saturated carbocycles. The van der Waals surface area contributed by atoms with Gasteiger partial charge < -0.3 is 0 Å². The molecular weight excluding hydrogens is 182 g/mol. The first kappa shape index (κ1) is 16.3. The van der Waals surface area contributed by atoms with Gasteiger partial charge in [-0.05, 0) is 31.4 Å². The van der Waals surface area contributed by atoms with Crippen LogP contribution in [0.5, 0.6) is 0 Å². The van der Waals surface area contributed by atoms with Crippen molar-refractivity contribution in [2.45, 2.75) is 41.5 Å². The van der Waals surface area contributed by atoms with Gasteiger partial charge >= 0.3 is 0 Å². The van der Waals surface area contributed by atoms with Crippen molar-refractivity contribution in [3.05, 3.63) is 36.6 Å². The summed E-state index contributed by atoms with van der Waals surface area (Å²) in [6.07, 6.45) is 7.72. The summed E-state index contributed by atoms with van der Waals surface area (Å²) in [6.45, 7) is 16.0. The average molecular weight is 207 g/mol. The largest absolute Gasteiger partial charge is 0.261 e. The summed E-state index contributed by atoms with van der Waals surface area (Å²) >= 11 is 0. The Morgan fingerprint density at radius 1 is 1.27 bits per heavy atom. The van der Waals surface area contributed by atoms with Crippen molar-refractivity contribution in [3.63, 3.8) is 0 Å². The molecule has 0 aromatic heterocycles. The molecule has 0 fully saturated rings. The van der Waals surface area contributed by atoms with Crippen LogP contribution < -0.4 is 0 Å². The van der Waals surface area contributed by atoms with E-state index in [2.05, 4.69) is 25.4 Å². The maximum atomic E-state index is 4.35. The zero-order chi connectivity index (χ0) is 12.3. The van der Waals surface area contributed by atoms with Gasteiger partial charge in [0.05, 0.1) is 0 Å². The van der Waals surface area contributed by atoms with E-state index in [1.165, 1.54) is 0 Å². The predicted molar refractivity (Wildman–Crippen MR) is 72.4 cm³/mol. The van der Waals surface area contributed by atoms with E-state index in [1.54, 1.807) is 0 Å². The molecule has 0 N–H and O–H groups in total. The van der Waals surface area contributed by atoms with Gasteiger partial charge in [0, 0.05) is 11.9 Å². The van der Waals surface area contributed by atoms with Crippen LogP contribution in [0.4, 0.5) is 0 Å². The Hall–Kier alpha value is -1.11. The van der Waals surface area contributed by atoms with Crippen molar-refractivity contribution in [3.8, 4) is 0 Å². The van der Waals surface area contributed by atoms with Gasteiger partial charge in [0.2, 0.25) is 0 Å². The number of rotatable bonds is 4. The second-order valence-corrected chi connectivity index (χ2v) is 3.29. The van der Waals surface area contributed by atoms with Gasteiger partial charge in [0.1, 0.15) is 0 Å². The minimum Gasteiger partial charge on any atom is -0.261 e. The van der Waals surface area contributed by atoms with Crippen LogP contribution in [0, 0.1) is 5.92 Å². The molecule has 0 aliphatic rings. The summed E-state index contributed by atoms with van der Waals surface area (Å²) in [5.41, 5.74) is 2.19. The van der Waals surface area contributed by atoms with Gasteiger partial charge in [-0.2, -0.15) is 0 Å². The number of allylic oxidation sites excluding steroid dienone is 4. The smallest absolute Gasteiger partial charge is 0.0423 e. The number of hydrogen-bond donors (Lipinski definition) is 0. The highest BCUT2D eigenvalue weighted by molar-refractivity contribution is 5.96. The highest BCUT2D eigenvalue weighted by Gasteiger charge is 1.97. The zero-order valence-corrected chi connectivity index (χ0v) is 11.0. The summed E-state index contributed by atoms with van der Waals surface area (Å²) < 4.78 is 0. The lowest BCUT2D eigenvalue weighted by Gasteiger charge is -2.02. The predicted octanol–water partition coefficient (Wildman–Crippen LogP) is 4.78. The molecule has 0 saturated heterocycles. The molecule has 0 heterocycles. The Balaban J connectivity index is 0. The standard InChI is InChI=1S/C12H19N.C2H6/c1-6-8-11(5)9-13-12(7-2)10(3)4;1-2/h6-10H,2H2,1,3-5H3;1-2H3/b8-6-,11-9-,13-12?;. The Bertz CT molecular complexity index is 242. The molecule has 1 heteroatoms. The van der Waals surface area contributed by atoms with Gasteiger partial charge in [-0.25, -0.2) is 0 Å². The number of hydrogen-bond acceptors (Lipinski definition) is 1. The van der Waals surface area contributed by atoms with Crippen molar-refractivity contribution in [1.29, 1.82) is 0 Å². The molecule has 0 amide bonds. The zero-order valence-electron chi connectivity index (χ0n) is 11.0. The molecule has 1 nitrogen and oxygen atoms in total. The van der Waals surface area contributed by atoms with Crippen molar-refractivity contribution in [1.82, 2.24) is 0 Å². The van der Waals surface area contributed by atoms with Gasteiger partial charge in [-0.3, -0.25) is 4.99 Å². The van der Waals surface area contributed by atoms with Crippen LogP contribution in [0.25, 0.3) is 0 Å². The monoisotopic (exact) mass is 207 g/mol. The van der Waals surface area contributed by atoms with Crippen LogP contribution >= 0.6 is 0 Å². The summed E-state index contributed by atoms with van der Waals surface area (Å²) in [5.74, 6) is 0.437. The molecule has 15 heavy (non-hydrogen) atoms. The molecule has 0 unspecified atom stereocenters. The molecule has 0 aliphatic carbocycles. The lowest BCUT2D eigenvalue weighted by molar-refractivity contribution is 0.889. The summed E-state index contributed by atoms with van der Waals surface area (Å²) in [4.78, 5) is 4.35. The van der Waals surface area contributed by atoms with E-state index in [4.69, 9.17) is 0 Å². The second kappa shape index (κ2) is 11.0. The second-order valence-electron chi connectivity index (χ2n) is 3.29. The summed E-state index contributed by atoms with van der Waals surface area (Å²) in [7, 11) is 0. The van der Waals surface area contributed by atoms with Crippen LogP contribution in [-0.2, 0) is 0 Å². The van der Waals surface area contributed by atoms with E-state index in [1.807, 2.05) is 52.1 Å². The Labute approximate surface area is 95.3 Å². The first-order valence-corrected chi connectivity index (χ1v) is 5.61. The third kappa shape index (κ3) is 9.20. The fraction of sp³-hybridized carbons (Fsp3) is 0.500. The van der Waals surface area contributed by atoms with Gasteiger partial charge in [-0.1, -0.05) is 46.4 Å². The van der Waals surface area contributed by atoms with E-state index in [0.717, 1.165) is 11.3 Å². The van der Waals surface area contributed by atoms with Crippen molar-refractivity contribution < 1.29 is 0 Å². The summed E-state index contributed by atoms with van der Waals surface area (Å²) in [5, 5.41) is 0. The maximum absolute atomic E-state index is 4.35. The molecule has 0 aromatic carbocycles. The molecule has 0 aliphatic heterocycles. The highest BCUT2D eigenvalue weighted by Crippen LogP contribution is 2.01. The fourth-order valence-electron chi connectivity index (χ4n) is 0.920. The van der Waals surface area contributed by atoms with Crippen molar-refractivity contribution in [2.75, 3.05) is 0 Å². The molecule has 0 radical (unpaired) electrons. The third-order valence-electron chi connectivity index (χ3n) is 1.65. The van der Waals surface area contributed by atoms with Gasteiger partial charge in [0.25, 0.3) is 0 Å². The third-order valence-corrected chi connectivity index (χ3v) is 1.65. The molecule has 0 aromatic rings. The molecule has 0 spiro atoms. The quantitative estimate of drug-likeness (QED) is 0.465. The Morgan fingerprint density at radius 3 is 2.13 bits per heavy atom. The first-order chi connectivity index (χ1) is 7.11. The lowest BCUT2D eigenvalue weighted by atomic mass is 10.1. The molecule has 0 rings (SSSR count). The van der Waals surface area contributed by atoms with Crippen LogP contribution in [0.15, 0.2) is 41.6 Å².